The topological polar surface area (TPSA) is 69.4 Å². The van der Waals surface area contributed by atoms with Crippen LogP contribution < -0.4 is 5.73 Å². The van der Waals surface area contributed by atoms with Gasteiger partial charge in [-0.1, -0.05) is 42.5 Å². The summed E-state index contributed by atoms with van der Waals surface area (Å²) < 4.78 is 4.69. The van der Waals surface area contributed by atoms with Gasteiger partial charge in [0.2, 0.25) is 0 Å². The van der Waals surface area contributed by atoms with E-state index in [1.54, 1.807) is 24.3 Å². The van der Waals surface area contributed by atoms with Crippen LogP contribution in [0.1, 0.15) is 15.9 Å². The van der Waals surface area contributed by atoms with Gasteiger partial charge in [-0.3, -0.25) is 0 Å². The fraction of sp³-hybridized carbons (Fsp3) is 0. The highest BCUT2D eigenvalue weighted by atomic mass is 16.6. The maximum absolute atomic E-state index is 11.7. The molecule has 0 saturated heterocycles. The Morgan fingerprint density at radius 1 is 0.950 bits per heavy atom. The molecule has 100 valence electrons. The zero-order valence-corrected chi connectivity index (χ0v) is 10.7. The van der Waals surface area contributed by atoms with E-state index in [-0.39, 0.29) is 11.3 Å². The highest BCUT2D eigenvalue weighted by Crippen LogP contribution is 2.12. The van der Waals surface area contributed by atoms with Crippen LogP contribution in [0.15, 0.2) is 60.7 Å². The van der Waals surface area contributed by atoms with Gasteiger partial charge < -0.3 is 10.5 Å². The molecule has 0 unspecified atom stereocenters. The first-order valence-electron chi connectivity index (χ1n) is 6.00. The third-order valence-electron chi connectivity index (χ3n) is 2.59. The van der Waals surface area contributed by atoms with Crippen LogP contribution in [0.5, 0.6) is 0 Å². The molecule has 2 aromatic rings. The zero-order valence-electron chi connectivity index (χ0n) is 10.7. The van der Waals surface area contributed by atoms with Gasteiger partial charge in [0.05, 0.1) is 5.56 Å². The molecular formula is C16H13NO3. The number of anilines is 1. The molecule has 20 heavy (non-hydrogen) atoms. The van der Waals surface area contributed by atoms with E-state index in [0.29, 0.717) is 0 Å². The number of rotatable bonds is 3. The minimum absolute atomic E-state index is 0.175. The van der Waals surface area contributed by atoms with Crippen molar-refractivity contribution in [2.75, 3.05) is 5.73 Å². The van der Waals surface area contributed by atoms with Gasteiger partial charge in [-0.25, -0.2) is 9.59 Å². The van der Waals surface area contributed by atoms with Crippen LogP contribution in [0.25, 0.3) is 6.08 Å². The largest absolute Gasteiger partial charge is 0.398 e. The molecule has 0 aliphatic carbocycles. The summed E-state index contributed by atoms with van der Waals surface area (Å²) in [5.74, 6) is -1.49. The molecule has 0 aromatic heterocycles. The lowest BCUT2D eigenvalue weighted by Crippen LogP contribution is -2.12. The van der Waals surface area contributed by atoms with Crippen LogP contribution in [-0.2, 0) is 9.53 Å². The molecule has 0 fully saturated rings. The molecule has 0 amide bonds. The number of hydrogen-bond donors (Lipinski definition) is 1. The summed E-state index contributed by atoms with van der Waals surface area (Å²) in [5.41, 5.74) is 6.93. The number of nitrogens with two attached hydrogens (primary N) is 1. The number of carbonyl (C=O) groups is 2. The number of nitrogen functional groups attached to an aromatic ring is 1. The van der Waals surface area contributed by atoms with E-state index in [4.69, 9.17) is 10.5 Å². The molecule has 0 saturated carbocycles. The highest BCUT2D eigenvalue weighted by Gasteiger charge is 2.13. The van der Waals surface area contributed by atoms with Gasteiger partial charge in [0.25, 0.3) is 0 Å². The fourth-order valence-electron chi connectivity index (χ4n) is 1.59. The minimum Gasteiger partial charge on any atom is -0.398 e. The van der Waals surface area contributed by atoms with Gasteiger partial charge in [-0.05, 0) is 23.8 Å². The number of para-hydroxylation sites is 1. The molecule has 0 radical (unpaired) electrons. The van der Waals surface area contributed by atoms with Crippen molar-refractivity contribution in [3.8, 4) is 0 Å². The average molecular weight is 267 g/mol. The number of esters is 2. The zero-order chi connectivity index (χ0) is 14.4. The molecule has 2 N–H and O–H groups in total. The van der Waals surface area contributed by atoms with Gasteiger partial charge in [0.1, 0.15) is 0 Å². The molecular weight excluding hydrogens is 254 g/mol. The Hall–Kier alpha value is -2.88. The normalized spacial score (nSPS) is 10.4. The summed E-state index contributed by atoms with van der Waals surface area (Å²) in [6.07, 6.45) is 2.77. The van der Waals surface area contributed by atoms with Crippen LogP contribution in [0.4, 0.5) is 5.69 Å². The third kappa shape index (κ3) is 3.55. The SMILES string of the molecule is Nc1ccccc1C(=O)OC(=O)/C=C/c1ccccc1. The first-order chi connectivity index (χ1) is 9.66. The Kier molecular flexibility index (Phi) is 4.29. The smallest absolute Gasteiger partial charge is 0.348 e. The van der Waals surface area contributed by atoms with Crippen LogP contribution in [-0.4, -0.2) is 11.9 Å². The molecule has 2 aromatic carbocycles. The molecule has 2 rings (SSSR count). The lowest BCUT2D eigenvalue weighted by Gasteiger charge is -2.03. The number of hydrogen-bond acceptors (Lipinski definition) is 4. The van der Waals surface area contributed by atoms with Gasteiger partial charge in [0, 0.05) is 11.8 Å². The van der Waals surface area contributed by atoms with Gasteiger partial charge >= 0.3 is 11.9 Å². The summed E-state index contributed by atoms with van der Waals surface area (Å²) in [7, 11) is 0. The third-order valence-corrected chi connectivity index (χ3v) is 2.59. The van der Waals surface area contributed by atoms with Gasteiger partial charge in [0.15, 0.2) is 0 Å². The number of benzene rings is 2. The fourth-order valence-corrected chi connectivity index (χ4v) is 1.59. The summed E-state index contributed by atoms with van der Waals surface area (Å²) in [4.78, 5) is 23.3. The average Bonchev–Trinajstić information content (AvgIpc) is 2.46. The lowest BCUT2D eigenvalue weighted by atomic mass is 10.2. The van der Waals surface area contributed by atoms with Crippen molar-refractivity contribution in [1.29, 1.82) is 0 Å². The molecule has 0 heterocycles. The van der Waals surface area contributed by atoms with E-state index >= 15 is 0 Å². The summed E-state index contributed by atoms with van der Waals surface area (Å²) in [6.45, 7) is 0. The van der Waals surface area contributed by atoms with Crippen molar-refractivity contribution in [2.45, 2.75) is 0 Å². The quantitative estimate of drug-likeness (QED) is 0.402. The maximum atomic E-state index is 11.7. The molecule has 0 aliphatic rings. The van der Waals surface area contributed by atoms with Gasteiger partial charge in [-0.15, -0.1) is 0 Å². The van der Waals surface area contributed by atoms with E-state index < -0.39 is 11.9 Å². The molecule has 0 aliphatic heterocycles. The minimum atomic E-state index is -0.759. The van der Waals surface area contributed by atoms with Crippen LogP contribution in [0.3, 0.4) is 0 Å². The van der Waals surface area contributed by atoms with Crippen molar-refractivity contribution in [3.63, 3.8) is 0 Å². The Balaban J connectivity index is 2.00. The Labute approximate surface area is 116 Å². The second-order valence-corrected chi connectivity index (χ2v) is 4.04. The lowest BCUT2D eigenvalue weighted by molar-refractivity contribution is -0.132. The van der Waals surface area contributed by atoms with Crippen LogP contribution in [0, 0.1) is 0 Å². The van der Waals surface area contributed by atoms with Gasteiger partial charge in [-0.2, -0.15) is 0 Å². The monoisotopic (exact) mass is 267 g/mol. The van der Waals surface area contributed by atoms with Crippen LogP contribution in [0.2, 0.25) is 0 Å². The van der Waals surface area contributed by atoms with Crippen molar-refractivity contribution < 1.29 is 14.3 Å². The molecule has 0 bridgehead atoms. The Morgan fingerprint density at radius 3 is 2.30 bits per heavy atom. The first kappa shape index (κ1) is 13.5. The second kappa shape index (κ2) is 6.33. The standard InChI is InChI=1S/C16H13NO3/c17-14-9-5-4-8-13(14)16(19)20-15(18)11-10-12-6-2-1-3-7-12/h1-11H,17H2/b11-10+. The van der Waals surface area contributed by atoms with Crippen LogP contribution >= 0.6 is 0 Å². The van der Waals surface area contributed by atoms with E-state index in [0.717, 1.165) is 5.56 Å². The highest BCUT2D eigenvalue weighted by molar-refractivity contribution is 6.03. The van der Waals surface area contributed by atoms with E-state index in [9.17, 15) is 9.59 Å². The molecule has 4 nitrogen and oxygen atoms in total. The first-order valence-corrected chi connectivity index (χ1v) is 6.00. The van der Waals surface area contributed by atoms with E-state index in [1.807, 2.05) is 30.3 Å². The Bertz CT molecular complexity index is 648. The van der Waals surface area contributed by atoms with Crippen molar-refractivity contribution in [2.24, 2.45) is 0 Å². The predicted octanol–water partition coefficient (Wildman–Crippen LogP) is 2.67. The maximum Gasteiger partial charge on any atom is 0.348 e. The van der Waals surface area contributed by atoms with Crippen molar-refractivity contribution in [3.05, 3.63) is 71.8 Å². The summed E-state index contributed by atoms with van der Waals surface area (Å²) >= 11 is 0. The Morgan fingerprint density at radius 2 is 1.60 bits per heavy atom. The molecule has 0 spiro atoms. The number of carbonyl (C=O) groups excluding carboxylic acids is 2. The second-order valence-electron chi connectivity index (χ2n) is 4.04. The van der Waals surface area contributed by atoms with Crippen molar-refractivity contribution in [1.82, 2.24) is 0 Å². The summed E-state index contributed by atoms with van der Waals surface area (Å²) in [6, 6.07) is 15.7. The van der Waals surface area contributed by atoms with E-state index in [2.05, 4.69) is 0 Å². The number of ether oxygens (including phenoxy) is 1. The summed E-state index contributed by atoms with van der Waals surface area (Å²) in [5, 5.41) is 0. The predicted molar refractivity (Wildman–Crippen MR) is 76.8 cm³/mol. The molecule has 4 heteroatoms. The van der Waals surface area contributed by atoms with Crippen molar-refractivity contribution >= 4 is 23.7 Å². The molecule has 0 atom stereocenters. The van der Waals surface area contributed by atoms with E-state index in [1.165, 1.54) is 12.1 Å².